The van der Waals surface area contributed by atoms with Crippen molar-refractivity contribution in [1.29, 1.82) is 0 Å². The van der Waals surface area contributed by atoms with Gasteiger partial charge in [-0.2, -0.15) is 0 Å². The Bertz CT molecular complexity index is 312. The van der Waals surface area contributed by atoms with Crippen molar-refractivity contribution >= 4 is 0 Å². The lowest BCUT2D eigenvalue weighted by Crippen LogP contribution is -2.45. The molecule has 1 aromatic carbocycles. The molecule has 0 radical (unpaired) electrons. The van der Waals surface area contributed by atoms with Crippen molar-refractivity contribution in [3.8, 4) is 11.5 Å². The molecule has 0 saturated heterocycles. The summed E-state index contributed by atoms with van der Waals surface area (Å²) in [4.78, 5) is 0. The Morgan fingerprint density at radius 3 is 2.47 bits per heavy atom. The summed E-state index contributed by atoms with van der Waals surface area (Å²) in [5.41, 5.74) is 5.00. The lowest BCUT2D eigenvalue weighted by Gasteiger charge is -2.22. The molecule has 0 amide bonds. The number of hydrogen-bond acceptors (Lipinski definition) is 4. The van der Waals surface area contributed by atoms with Crippen molar-refractivity contribution in [1.82, 2.24) is 0 Å². The fourth-order valence-electron chi connectivity index (χ4n) is 1.03. The third-order valence-electron chi connectivity index (χ3n) is 1.99. The molecule has 1 rings (SSSR count). The van der Waals surface area contributed by atoms with Crippen LogP contribution < -0.4 is 15.2 Å². The number of aliphatic hydroxyl groups is 1. The molecule has 4 heteroatoms. The number of benzene rings is 1. The SMILES string of the molecule is COc1ccccc1OCC(C)(N)CO. The average Bonchev–Trinajstić information content (AvgIpc) is 2.27. The summed E-state index contributed by atoms with van der Waals surface area (Å²) in [7, 11) is 1.58. The number of para-hydroxylation sites is 2. The Kier molecular flexibility index (Phi) is 3.94. The Labute approximate surface area is 89.6 Å². The Hall–Kier alpha value is -1.26. The van der Waals surface area contributed by atoms with Gasteiger partial charge in [0.1, 0.15) is 6.61 Å². The smallest absolute Gasteiger partial charge is 0.161 e. The van der Waals surface area contributed by atoms with Crippen molar-refractivity contribution in [2.45, 2.75) is 12.5 Å². The molecule has 1 unspecified atom stereocenters. The van der Waals surface area contributed by atoms with Crippen molar-refractivity contribution in [2.24, 2.45) is 5.73 Å². The first-order chi connectivity index (χ1) is 7.09. The molecule has 4 nitrogen and oxygen atoms in total. The summed E-state index contributed by atoms with van der Waals surface area (Å²) in [5, 5.41) is 8.96. The molecule has 1 atom stereocenters. The van der Waals surface area contributed by atoms with Crippen molar-refractivity contribution in [3.63, 3.8) is 0 Å². The van der Waals surface area contributed by atoms with Crippen LogP contribution >= 0.6 is 0 Å². The minimum absolute atomic E-state index is 0.123. The average molecular weight is 211 g/mol. The summed E-state index contributed by atoms with van der Waals surface area (Å²) < 4.78 is 10.6. The van der Waals surface area contributed by atoms with E-state index in [0.29, 0.717) is 11.5 Å². The van der Waals surface area contributed by atoms with Crippen LogP contribution in [0.5, 0.6) is 11.5 Å². The molecule has 0 bridgehead atoms. The molecule has 0 saturated carbocycles. The largest absolute Gasteiger partial charge is 0.493 e. The van der Waals surface area contributed by atoms with Crippen LogP contribution in [0.4, 0.5) is 0 Å². The van der Waals surface area contributed by atoms with Gasteiger partial charge in [-0.3, -0.25) is 0 Å². The van der Waals surface area contributed by atoms with Crippen LogP contribution in [-0.4, -0.2) is 31.0 Å². The Morgan fingerprint density at radius 2 is 1.93 bits per heavy atom. The minimum Gasteiger partial charge on any atom is -0.493 e. The van der Waals surface area contributed by atoms with Gasteiger partial charge >= 0.3 is 0 Å². The normalized spacial score (nSPS) is 14.4. The van der Waals surface area contributed by atoms with Crippen molar-refractivity contribution in [2.75, 3.05) is 20.3 Å². The van der Waals surface area contributed by atoms with Gasteiger partial charge in [-0.05, 0) is 19.1 Å². The number of aliphatic hydroxyl groups excluding tert-OH is 1. The number of ether oxygens (including phenoxy) is 2. The van der Waals surface area contributed by atoms with Crippen LogP contribution in [0.3, 0.4) is 0 Å². The quantitative estimate of drug-likeness (QED) is 0.755. The highest BCUT2D eigenvalue weighted by atomic mass is 16.5. The summed E-state index contributed by atoms with van der Waals surface area (Å²) in [6, 6.07) is 7.32. The van der Waals surface area contributed by atoms with Crippen LogP contribution in [0.15, 0.2) is 24.3 Å². The Morgan fingerprint density at radius 1 is 1.33 bits per heavy atom. The van der Waals surface area contributed by atoms with E-state index in [1.165, 1.54) is 0 Å². The van der Waals surface area contributed by atoms with Crippen molar-refractivity contribution in [3.05, 3.63) is 24.3 Å². The van der Waals surface area contributed by atoms with E-state index in [1.807, 2.05) is 18.2 Å². The molecule has 3 N–H and O–H groups in total. The van der Waals surface area contributed by atoms with Gasteiger partial charge in [-0.15, -0.1) is 0 Å². The summed E-state index contributed by atoms with van der Waals surface area (Å²) in [6.45, 7) is 1.84. The van der Waals surface area contributed by atoms with Gasteiger partial charge in [0.2, 0.25) is 0 Å². The van der Waals surface area contributed by atoms with Gasteiger partial charge < -0.3 is 20.3 Å². The first-order valence-electron chi connectivity index (χ1n) is 4.74. The first kappa shape index (κ1) is 11.8. The molecule has 1 aromatic rings. The second-order valence-electron chi connectivity index (χ2n) is 3.75. The topological polar surface area (TPSA) is 64.7 Å². The van der Waals surface area contributed by atoms with Crippen LogP contribution in [0.25, 0.3) is 0 Å². The Balaban J connectivity index is 2.65. The highest BCUT2D eigenvalue weighted by Crippen LogP contribution is 2.26. The van der Waals surface area contributed by atoms with Crippen LogP contribution in [0, 0.1) is 0 Å². The fraction of sp³-hybridized carbons (Fsp3) is 0.455. The number of rotatable bonds is 5. The molecule has 0 aliphatic carbocycles. The number of hydrogen-bond donors (Lipinski definition) is 2. The van der Waals surface area contributed by atoms with Gasteiger partial charge in [-0.25, -0.2) is 0 Å². The first-order valence-corrected chi connectivity index (χ1v) is 4.74. The second kappa shape index (κ2) is 5.00. The second-order valence-corrected chi connectivity index (χ2v) is 3.75. The molecule has 15 heavy (non-hydrogen) atoms. The van der Waals surface area contributed by atoms with Gasteiger partial charge in [0, 0.05) is 0 Å². The molecule has 0 heterocycles. The lowest BCUT2D eigenvalue weighted by atomic mass is 10.1. The maximum absolute atomic E-state index is 8.96. The molecule has 0 aromatic heterocycles. The van der Waals surface area contributed by atoms with E-state index >= 15 is 0 Å². The molecule has 0 aliphatic rings. The number of nitrogens with two attached hydrogens (primary N) is 1. The maximum atomic E-state index is 8.96. The third kappa shape index (κ3) is 3.42. The zero-order chi connectivity index (χ0) is 11.3. The summed E-state index contributed by atoms with van der Waals surface area (Å²) in [5.74, 6) is 1.29. The van der Waals surface area contributed by atoms with Gasteiger partial charge in [0.05, 0.1) is 19.3 Å². The molecule has 84 valence electrons. The molecule has 0 aliphatic heterocycles. The number of methoxy groups -OCH3 is 1. The third-order valence-corrected chi connectivity index (χ3v) is 1.99. The van der Waals surface area contributed by atoms with Crippen LogP contribution in [0.1, 0.15) is 6.92 Å². The zero-order valence-corrected chi connectivity index (χ0v) is 9.06. The van der Waals surface area contributed by atoms with E-state index < -0.39 is 5.54 Å². The maximum Gasteiger partial charge on any atom is 0.161 e. The lowest BCUT2D eigenvalue weighted by molar-refractivity contribution is 0.143. The fourth-order valence-corrected chi connectivity index (χ4v) is 1.03. The van der Waals surface area contributed by atoms with Crippen LogP contribution in [-0.2, 0) is 0 Å². The van der Waals surface area contributed by atoms with Crippen molar-refractivity contribution < 1.29 is 14.6 Å². The predicted octanol–water partition coefficient (Wildman–Crippen LogP) is 0.784. The van der Waals surface area contributed by atoms with E-state index in [0.717, 1.165) is 0 Å². The van der Waals surface area contributed by atoms with E-state index in [-0.39, 0.29) is 13.2 Å². The molecule has 0 spiro atoms. The minimum atomic E-state index is -0.735. The molecule has 0 fully saturated rings. The van der Waals surface area contributed by atoms with Gasteiger partial charge in [0.25, 0.3) is 0 Å². The van der Waals surface area contributed by atoms with Gasteiger partial charge in [-0.1, -0.05) is 12.1 Å². The predicted molar refractivity (Wildman–Crippen MR) is 58.2 cm³/mol. The monoisotopic (exact) mass is 211 g/mol. The highest BCUT2D eigenvalue weighted by Gasteiger charge is 2.18. The standard InChI is InChI=1S/C11H17NO3/c1-11(12,7-13)8-15-10-6-4-3-5-9(10)14-2/h3-6,13H,7-8,12H2,1-2H3. The summed E-state index contributed by atoms with van der Waals surface area (Å²) >= 11 is 0. The van der Waals surface area contributed by atoms with Gasteiger partial charge in [0.15, 0.2) is 11.5 Å². The molecular weight excluding hydrogens is 194 g/mol. The van der Waals surface area contributed by atoms with Crippen LogP contribution in [0.2, 0.25) is 0 Å². The van der Waals surface area contributed by atoms with E-state index in [9.17, 15) is 0 Å². The van der Waals surface area contributed by atoms with E-state index in [4.69, 9.17) is 20.3 Å². The zero-order valence-electron chi connectivity index (χ0n) is 9.06. The highest BCUT2D eigenvalue weighted by molar-refractivity contribution is 5.39. The van der Waals surface area contributed by atoms with E-state index in [1.54, 1.807) is 20.1 Å². The summed E-state index contributed by atoms with van der Waals surface area (Å²) in [6.07, 6.45) is 0. The van der Waals surface area contributed by atoms with E-state index in [2.05, 4.69) is 0 Å². The molecular formula is C11H17NO3.